The maximum atomic E-state index is 14.3. The van der Waals surface area contributed by atoms with Gasteiger partial charge < -0.3 is 39.4 Å². The molecule has 3 amide bonds. The lowest BCUT2D eigenvalue weighted by Gasteiger charge is -2.48. The minimum absolute atomic E-state index is 0.0456. The number of hydrogen-bond acceptors (Lipinski definition) is 12. The van der Waals surface area contributed by atoms with E-state index in [2.05, 4.69) is 20.5 Å². The Kier molecular flexibility index (Phi) is 13.1. The maximum absolute atomic E-state index is 14.3. The van der Waals surface area contributed by atoms with Gasteiger partial charge in [-0.3, -0.25) is 19.2 Å². The van der Waals surface area contributed by atoms with E-state index in [0.717, 1.165) is 26.5 Å². The molecule has 2 aliphatic heterocycles. The zero-order chi connectivity index (χ0) is 34.2. The summed E-state index contributed by atoms with van der Waals surface area (Å²) in [6.45, 7) is 12.2. The highest BCUT2D eigenvalue weighted by Gasteiger charge is 2.49. The largest absolute Gasteiger partial charge is 0.467 e. The molecule has 16 heteroatoms. The number of aliphatic hydroxyl groups excluding tert-OH is 1. The van der Waals surface area contributed by atoms with Crippen LogP contribution in [0.2, 0.25) is 18.1 Å². The zero-order valence-electron chi connectivity index (χ0n) is 27.9. The molecule has 0 radical (unpaired) electrons. The number of methoxy groups -OCH3 is 1. The van der Waals surface area contributed by atoms with Gasteiger partial charge in [0, 0.05) is 50.6 Å². The third-order valence-electron chi connectivity index (χ3n) is 9.04. The van der Waals surface area contributed by atoms with Gasteiger partial charge in [-0.15, -0.1) is 11.3 Å². The van der Waals surface area contributed by atoms with Crippen molar-refractivity contribution in [2.45, 2.75) is 89.6 Å². The lowest BCUT2D eigenvalue weighted by atomic mass is 9.98. The van der Waals surface area contributed by atoms with Crippen LogP contribution < -0.4 is 15.5 Å². The predicted molar refractivity (Wildman–Crippen MR) is 174 cm³/mol. The van der Waals surface area contributed by atoms with Crippen molar-refractivity contribution in [3.8, 4) is 0 Å². The predicted octanol–water partition coefficient (Wildman–Crippen LogP) is 1.68. The quantitative estimate of drug-likeness (QED) is 0.216. The lowest BCUT2D eigenvalue weighted by molar-refractivity contribution is -0.151. The Labute approximate surface area is 275 Å². The van der Waals surface area contributed by atoms with E-state index in [1.54, 1.807) is 5.38 Å². The third kappa shape index (κ3) is 9.26. The molecule has 2 fully saturated rings. The molecule has 3 heterocycles. The van der Waals surface area contributed by atoms with Crippen molar-refractivity contribution >= 4 is 54.4 Å². The Bertz CT molecular complexity index is 1250. The number of carbonyl (C=O) groups excluding carboxylic acids is 5. The Hall–Kier alpha value is -3.08. The molecule has 3 atom stereocenters. The van der Waals surface area contributed by atoms with Crippen molar-refractivity contribution in [2.75, 3.05) is 51.5 Å². The first-order chi connectivity index (χ1) is 21.6. The highest BCUT2D eigenvalue weighted by molar-refractivity contribution is 7.14. The Morgan fingerprint density at radius 1 is 1.20 bits per heavy atom. The normalized spacial score (nSPS) is 19.0. The molecule has 0 bridgehead atoms. The topological polar surface area (TPSA) is 177 Å². The Morgan fingerprint density at radius 3 is 2.46 bits per heavy atom. The maximum Gasteiger partial charge on any atom is 0.331 e. The van der Waals surface area contributed by atoms with Gasteiger partial charge in [-0.2, -0.15) is 0 Å². The molecule has 0 spiro atoms. The summed E-state index contributed by atoms with van der Waals surface area (Å²) < 4.78 is 16.5. The molecule has 3 rings (SSSR count). The molecular formula is C30H49N5O9SSi. The standard InChI is InChI=1S/C30H49N5O9SSi/c1-19(37)44-17-22(28(41)42-5)32-26(39)24(16-36)35(46(6,7)30(2,3)4)27(40)23-18-45-29(33-23)34-12-8-9-21(15-34)31-25(38)20-10-13-43-14-11-20/h18,20-22,24,36H,8-17H2,1-7H3,(H,31,38)(H,32,39)/t21-,22-,24-/m0/s1. The summed E-state index contributed by atoms with van der Waals surface area (Å²) in [5.41, 5.74) is 0.133. The summed E-state index contributed by atoms with van der Waals surface area (Å²) >= 11 is 1.30. The van der Waals surface area contributed by atoms with Crippen LogP contribution in [0.3, 0.4) is 0 Å². The van der Waals surface area contributed by atoms with E-state index in [9.17, 15) is 29.1 Å². The van der Waals surface area contributed by atoms with E-state index in [1.807, 2.05) is 33.9 Å². The minimum atomic E-state index is -2.87. The molecule has 2 saturated heterocycles. The average Bonchev–Trinajstić information content (AvgIpc) is 3.51. The fourth-order valence-electron chi connectivity index (χ4n) is 5.39. The van der Waals surface area contributed by atoms with E-state index in [1.165, 1.54) is 22.8 Å². The Balaban J connectivity index is 1.83. The highest BCUT2D eigenvalue weighted by Crippen LogP contribution is 2.40. The summed E-state index contributed by atoms with van der Waals surface area (Å²) in [5, 5.41) is 18.0. The molecule has 0 saturated carbocycles. The first-order valence-electron chi connectivity index (χ1n) is 15.6. The summed E-state index contributed by atoms with van der Waals surface area (Å²) in [6, 6.07) is -2.74. The minimum Gasteiger partial charge on any atom is -0.467 e. The summed E-state index contributed by atoms with van der Waals surface area (Å²) in [7, 11) is -1.74. The summed E-state index contributed by atoms with van der Waals surface area (Å²) in [6.07, 6.45) is 3.12. The monoisotopic (exact) mass is 683 g/mol. The smallest absolute Gasteiger partial charge is 0.331 e. The third-order valence-corrected chi connectivity index (χ3v) is 15.3. The van der Waals surface area contributed by atoms with E-state index in [0.29, 0.717) is 37.7 Å². The number of carbonyl (C=O) groups is 5. The van der Waals surface area contributed by atoms with Gasteiger partial charge in [0.1, 0.15) is 18.3 Å². The van der Waals surface area contributed by atoms with Crippen LogP contribution in [0.15, 0.2) is 5.38 Å². The molecule has 14 nitrogen and oxygen atoms in total. The van der Waals surface area contributed by atoms with Crippen molar-refractivity contribution in [1.82, 2.24) is 20.2 Å². The molecule has 3 N–H and O–H groups in total. The number of aromatic nitrogens is 1. The van der Waals surface area contributed by atoms with Gasteiger partial charge in [0.2, 0.25) is 11.8 Å². The number of aliphatic hydroxyl groups is 1. The second-order valence-electron chi connectivity index (χ2n) is 13.3. The van der Waals surface area contributed by atoms with Gasteiger partial charge in [-0.05, 0) is 30.7 Å². The van der Waals surface area contributed by atoms with E-state index >= 15 is 0 Å². The first-order valence-corrected chi connectivity index (χ1v) is 19.5. The number of nitrogens with zero attached hydrogens (tertiary/aromatic N) is 3. The van der Waals surface area contributed by atoms with Crippen LogP contribution >= 0.6 is 11.3 Å². The second kappa shape index (κ2) is 16.2. The van der Waals surface area contributed by atoms with Crippen LogP contribution in [0.5, 0.6) is 0 Å². The van der Waals surface area contributed by atoms with Gasteiger partial charge in [-0.1, -0.05) is 33.9 Å². The average molecular weight is 684 g/mol. The zero-order valence-corrected chi connectivity index (χ0v) is 29.7. The number of piperidine rings is 1. The molecule has 0 aromatic carbocycles. The fraction of sp³-hybridized carbons (Fsp3) is 0.733. The molecule has 0 unspecified atom stereocenters. The number of ether oxygens (including phenoxy) is 3. The highest BCUT2D eigenvalue weighted by atomic mass is 32.1. The van der Waals surface area contributed by atoms with Crippen molar-refractivity contribution in [1.29, 1.82) is 0 Å². The van der Waals surface area contributed by atoms with Gasteiger partial charge in [-0.25, -0.2) is 9.78 Å². The summed E-state index contributed by atoms with van der Waals surface area (Å²) in [4.78, 5) is 71.2. The number of rotatable bonds is 12. The van der Waals surface area contributed by atoms with Crippen LogP contribution in [0.25, 0.3) is 0 Å². The number of esters is 2. The van der Waals surface area contributed by atoms with Gasteiger partial charge in [0.15, 0.2) is 19.4 Å². The van der Waals surface area contributed by atoms with Crippen molar-refractivity contribution in [2.24, 2.45) is 5.92 Å². The van der Waals surface area contributed by atoms with Gasteiger partial charge in [0.25, 0.3) is 5.91 Å². The molecule has 2 aliphatic rings. The van der Waals surface area contributed by atoms with Crippen molar-refractivity contribution in [3.05, 3.63) is 11.1 Å². The van der Waals surface area contributed by atoms with Crippen LogP contribution in [-0.4, -0.2) is 117 Å². The van der Waals surface area contributed by atoms with E-state index in [4.69, 9.17) is 14.2 Å². The van der Waals surface area contributed by atoms with Crippen LogP contribution in [0.4, 0.5) is 5.13 Å². The SMILES string of the molecule is COC(=O)[C@H](COC(C)=O)NC(=O)[C@H](CO)N(C(=O)c1csc(N2CCC[C@H](NC(=O)C3CCOCC3)C2)n1)[Si](C)(C)C(C)(C)C. The number of thiazole rings is 1. The second-order valence-corrected chi connectivity index (χ2v) is 19.2. The van der Waals surface area contributed by atoms with Gasteiger partial charge >= 0.3 is 11.9 Å². The lowest BCUT2D eigenvalue weighted by Crippen LogP contribution is -2.66. The van der Waals surface area contributed by atoms with Crippen molar-refractivity contribution in [3.63, 3.8) is 0 Å². The molecule has 1 aromatic heterocycles. The van der Waals surface area contributed by atoms with E-state index in [-0.39, 0.29) is 23.6 Å². The van der Waals surface area contributed by atoms with Crippen molar-refractivity contribution < 1.29 is 43.3 Å². The summed E-state index contributed by atoms with van der Waals surface area (Å²) in [5.74, 6) is -2.80. The van der Waals surface area contributed by atoms with Crippen LogP contribution in [0, 0.1) is 5.92 Å². The number of amides is 3. The van der Waals surface area contributed by atoms with Gasteiger partial charge in [0.05, 0.1) is 13.7 Å². The molecule has 46 heavy (non-hydrogen) atoms. The Morgan fingerprint density at radius 2 is 1.87 bits per heavy atom. The number of hydrogen-bond donors (Lipinski definition) is 3. The molecular weight excluding hydrogens is 635 g/mol. The van der Waals surface area contributed by atoms with Crippen LogP contribution in [0.1, 0.15) is 63.9 Å². The van der Waals surface area contributed by atoms with E-state index < -0.39 is 62.3 Å². The number of anilines is 1. The first kappa shape index (κ1) is 37.4. The fourth-order valence-corrected chi connectivity index (χ4v) is 8.55. The molecule has 0 aliphatic carbocycles. The van der Waals surface area contributed by atoms with Crippen LogP contribution in [-0.2, 0) is 33.4 Å². The number of nitrogens with one attached hydrogen (secondary N) is 2. The molecule has 1 aromatic rings. The molecule has 258 valence electrons.